The Kier molecular flexibility index (Phi) is 5.16. The van der Waals surface area contributed by atoms with E-state index in [2.05, 4.69) is 69.3 Å². The topological polar surface area (TPSA) is 46.5 Å². The van der Waals surface area contributed by atoms with Crippen molar-refractivity contribution in [3.8, 4) is 0 Å². The lowest BCUT2D eigenvalue weighted by molar-refractivity contribution is -0.132. The van der Waals surface area contributed by atoms with Crippen molar-refractivity contribution in [2.45, 2.75) is 44.8 Å². The molecule has 0 saturated heterocycles. The van der Waals surface area contributed by atoms with Gasteiger partial charge in [-0.2, -0.15) is 0 Å². The third kappa shape index (κ3) is 3.39. The first-order valence-corrected chi connectivity index (χ1v) is 11.0. The van der Waals surface area contributed by atoms with E-state index in [4.69, 9.17) is 4.43 Å². The number of carboxylic acids is 1. The Morgan fingerprint density at radius 3 is 1.88 bits per heavy atom. The molecule has 2 aromatic carbocycles. The van der Waals surface area contributed by atoms with Gasteiger partial charge in [0.25, 0.3) is 8.32 Å². The van der Waals surface area contributed by atoms with Gasteiger partial charge in [0.05, 0.1) is 6.10 Å². The van der Waals surface area contributed by atoms with Crippen LogP contribution in [-0.4, -0.2) is 25.5 Å². The molecule has 0 bridgehead atoms. The molecule has 0 heterocycles. The van der Waals surface area contributed by atoms with Crippen LogP contribution in [0.1, 0.15) is 33.6 Å². The molecule has 0 saturated carbocycles. The van der Waals surface area contributed by atoms with E-state index < -0.39 is 14.3 Å². The molecule has 0 aliphatic heterocycles. The van der Waals surface area contributed by atoms with E-state index >= 15 is 0 Å². The fourth-order valence-electron chi connectivity index (χ4n) is 3.88. The lowest BCUT2D eigenvalue weighted by Gasteiger charge is -2.44. The number of carbonyl (C=O) groups is 1. The summed E-state index contributed by atoms with van der Waals surface area (Å²) in [5, 5.41) is 11.6. The Hall–Kier alpha value is -2.17. The van der Waals surface area contributed by atoms with Gasteiger partial charge in [-0.25, -0.2) is 4.79 Å². The number of hydrogen-bond donors (Lipinski definition) is 1. The summed E-state index contributed by atoms with van der Waals surface area (Å²) in [6.45, 7) is 6.70. The van der Waals surface area contributed by atoms with Crippen LogP contribution in [0, 0.1) is 0 Å². The van der Waals surface area contributed by atoms with E-state index in [0.717, 1.165) is 6.42 Å². The zero-order valence-corrected chi connectivity index (χ0v) is 16.6. The summed E-state index contributed by atoms with van der Waals surface area (Å²) in [7, 11) is -2.62. The molecular formula is C22H26O3Si. The van der Waals surface area contributed by atoms with Crippen molar-refractivity contribution in [2.24, 2.45) is 0 Å². The second-order valence-corrected chi connectivity index (χ2v) is 12.1. The van der Waals surface area contributed by atoms with E-state index in [1.54, 1.807) is 0 Å². The van der Waals surface area contributed by atoms with Gasteiger partial charge in [0.15, 0.2) is 0 Å². The van der Waals surface area contributed by atoms with Gasteiger partial charge in [0.2, 0.25) is 0 Å². The summed E-state index contributed by atoms with van der Waals surface area (Å²) < 4.78 is 6.92. The predicted molar refractivity (Wildman–Crippen MR) is 107 cm³/mol. The van der Waals surface area contributed by atoms with Crippen molar-refractivity contribution >= 4 is 24.7 Å². The van der Waals surface area contributed by atoms with Crippen molar-refractivity contribution in [3.05, 3.63) is 72.3 Å². The third-order valence-electron chi connectivity index (χ3n) is 5.10. The van der Waals surface area contributed by atoms with Crippen molar-refractivity contribution in [2.75, 3.05) is 0 Å². The maximum absolute atomic E-state index is 11.3. The average Bonchev–Trinajstić information content (AvgIpc) is 3.09. The number of aliphatic carboxylic acids is 1. The van der Waals surface area contributed by atoms with Gasteiger partial charge in [-0.15, -0.1) is 0 Å². The number of hydrogen-bond acceptors (Lipinski definition) is 2. The Bertz CT molecular complexity index is 752. The Balaban J connectivity index is 2.14. The van der Waals surface area contributed by atoms with E-state index in [1.165, 1.54) is 10.4 Å². The molecule has 0 amide bonds. The molecule has 1 aliphatic rings. The van der Waals surface area contributed by atoms with Crippen LogP contribution in [0.15, 0.2) is 72.3 Å². The Morgan fingerprint density at radius 2 is 1.50 bits per heavy atom. The van der Waals surface area contributed by atoms with Crippen LogP contribution in [0.25, 0.3) is 0 Å². The van der Waals surface area contributed by atoms with E-state index in [0.29, 0.717) is 12.0 Å². The molecule has 2 aromatic rings. The monoisotopic (exact) mass is 366 g/mol. The molecule has 4 heteroatoms. The maximum atomic E-state index is 11.3. The van der Waals surface area contributed by atoms with Gasteiger partial charge in [-0.05, 0) is 34.3 Å². The smallest absolute Gasteiger partial charge is 0.331 e. The zero-order valence-electron chi connectivity index (χ0n) is 15.6. The highest BCUT2D eigenvalue weighted by atomic mass is 28.4. The molecule has 3 rings (SSSR count). The van der Waals surface area contributed by atoms with Gasteiger partial charge < -0.3 is 9.53 Å². The van der Waals surface area contributed by atoms with Gasteiger partial charge in [-0.1, -0.05) is 81.4 Å². The minimum atomic E-state index is -2.62. The van der Waals surface area contributed by atoms with E-state index in [9.17, 15) is 9.90 Å². The van der Waals surface area contributed by atoms with Gasteiger partial charge in [0, 0.05) is 5.57 Å². The Morgan fingerprint density at radius 1 is 1.00 bits per heavy atom. The summed E-state index contributed by atoms with van der Waals surface area (Å²) in [6, 6.07) is 20.9. The van der Waals surface area contributed by atoms with Crippen molar-refractivity contribution < 1.29 is 14.3 Å². The van der Waals surface area contributed by atoms with Crippen LogP contribution in [0.4, 0.5) is 0 Å². The summed E-state index contributed by atoms with van der Waals surface area (Å²) in [6.07, 6.45) is 2.94. The summed E-state index contributed by atoms with van der Waals surface area (Å²) in [5.74, 6) is -0.835. The molecule has 26 heavy (non-hydrogen) atoms. The first kappa shape index (κ1) is 18.6. The Labute approximate surface area is 156 Å². The van der Waals surface area contributed by atoms with Gasteiger partial charge in [-0.3, -0.25) is 0 Å². The second-order valence-electron chi connectivity index (χ2n) is 7.86. The fourth-order valence-corrected chi connectivity index (χ4v) is 8.53. The molecular weight excluding hydrogens is 340 g/mol. The van der Waals surface area contributed by atoms with Crippen molar-refractivity contribution in [1.82, 2.24) is 0 Å². The number of benzene rings is 2. The van der Waals surface area contributed by atoms with Crippen LogP contribution < -0.4 is 10.4 Å². The largest absolute Gasteiger partial charge is 0.478 e. The second kappa shape index (κ2) is 7.21. The molecule has 1 N–H and O–H groups in total. The highest BCUT2D eigenvalue weighted by Gasteiger charge is 2.51. The van der Waals surface area contributed by atoms with E-state index in [-0.39, 0.29) is 11.1 Å². The minimum absolute atomic E-state index is 0.102. The molecule has 136 valence electrons. The molecule has 1 aliphatic carbocycles. The molecule has 0 aromatic heterocycles. The third-order valence-corrected chi connectivity index (χ3v) is 10.2. The molecule has 3 nitrogen and oxygen atoms in total. The lowest BCUT2D eigenvalue weighted by Crippen LogP contribution is -2.67. The zero-order chi connectivity index (χ0) is 18.8. The number of rotatable bonds is 5. The molecule has 1 unspecified atom stereocenters. The first-order chi connectivity index (χ1) is 12.3. The molecule has 0 fully saturated rings. The van der Waals surface area contributed by atoms with E-state index in [1.807, 2.05) is 18.2 Å². The number of carboxylic acid groups (broad SMARTS) is 1. The first-order valence-electron chi connectivity index (χ1n) is 9.07. The van der Waals surface area contributed by atoms with Crippen molar-refractivity contribution in [3.63, 3.8) is 0 Å². The normalized spacial score (nSPS) is 17.8. The van der Waals surface area contributed by atoms with Crippen molar-refractivity contribution in [1.29, 1.82) is 0 Å². The van der Waals surface area contributed by atoms with Gasteiger partial charge >= 0.3 is 5.97 Å². The summed E-state index contributed by atoms with van der Waals surface area (Å²) in [5.41, 5.74) is 0.466. The van der Waals surface area contributed by atoms with Crippen LogP contribution in [0.5, 0.6) is 0 Å². The molecule has 0 spiro atoms. The predicted octanol–water partition coefficient (Wildman–Crippen LogP) is 3.74. The maximum Gasteiger partial charge on any atom is 0.331 e. The minimum Gasteiger partial charge on any atom is -0.478 e. The van der Waals surface area contributed by atoms with Crippen LogP contribution in [-0.2, 0) is 9.22 Å². The quantitative estimate of drug-likeness (QED) is 0.820. The van der Waals surface area contributed by atoms with Gasteiger partial charge in [0.1, 0.15) is 0 Å². The standard InChI is InChI=1S/C22H26O3Si/c1-22(2,3)26(19-10-6-4-7-11-19,20-12-8-5-9-13-20)25-18-15-14-17(16-18)21(23)24/h4-13,16,18H,14-15H2,1-3H3,(H,23,24). The summed E-state index contributed by atoms with van der Waals surface area (Å²) in [4.78, 5) is 11.3. The van der Waals surface area contributed by atoms with Crippen LogP contribution in [0.3, 0.4) is 0 Å². The highest BCUT2D eigenvalue weighted by Crippen LogP contribution is 2.39. The lowest BCUT2D eigenvalue weighted by atomic mass is 10.2. The summed E-state index contributed by atoms with van der Waals surface area (Å²) >= 11 is 0. The van der Waals surface area contributed by atoms with Crippen LogP contribution >= 0.6 is 0 Å². The average molecular weight is 367 g/mol. The highest BCUT2D eigenvalue weighted by molar-refractivity contribution is 6.99. The molecule has 0 radical (unpaired) electrons. The van der Waals surface area contributed by atoms with Crippen LogP contribution in [0.2, 0.25) is 5.04 Å². The fraction of sp³-hybridized carbons (Fsp3) is 0.318. The SMILES string of the molecule is CC(C)(C)[Si](OC1C=C(C(=O)O)CC1)(c1ccccc1)c1ccccc1. The molecule has 1 atom stereocenters.